The van der Waals surface area contributed by atoms with E-state index in [0.29, 0.717) is 22.2 Å². The van der Waals surface area contributed by atoms with Crippen molar-refractivity contribution in [3.05, 3.63) is 75.9 Å². The van der Waals surface area contributed by atoms with Crippen LogP contribution in [0.2, 0.25) is 10.0 Å². The Kier molecular flexibility index (Phi) is 5.44. The molecule has 1 aromatic heterocycles. The third-order valence-corrected chi connectivity index (χ3v) is 4.96. The highest BCUT2D eigenvalue weighted by Crippen LogP contribution is 2.30. The van der Waals surface area contributed by atoms with Crippen LogP contribution in [0, 0.1) is 0 Å². The minimum Gasteiger partial charge on any atom is -0.383 e. The summed E-state index contributed by atoms with van der Waals surface area (Å²) in [6.07, 6.45) is 2.12. The van der Waals surface area contributed by atoms with Gasteiger partial charge in [-0.05, 0) is 38.0 Å². The quantitative estimate of drug-likeness (QED) is 0.658. The molecule has 0 atom stereocenters. The summed E-state index contributed by atoms with van der Waals surface area (Å²) >= 11 is 12.3. The summed E-state index contributed by atoms with van der Waals surface area (Å²) in [5, 5.41) is 7.94. The van der Waals surface area contributed by atoms with E-state index in [2.05, 4.69) is 10.4 Å². The molecule has 0 saturated heterocycles. The van der Waals surface area contributed by atoms with Crippen LogP contribution in [0.1, 0.15) is 29.8 Å². The lowest BCUT2D eigenvalue weighted by Gasteiger charge is -2.26. The van der Waals surface area contributed by atoms with Crippen LogP contribution >= 0.6 is 23.2 Å². The number of benzene rings is 2. The van der Waals surface area contributed by atoms with E-state index < -0.39 is 5.54 Å². The molecule has 2 aromatic carbocycles. The van der Waals surface area contributed by atoms with Gasteiger partial charge in [0.25, 0.3) is 5.91 Å². The number of rotatable bonds is 5. The summed E-state index contributed by atoms with van der Waals surface area (Å²) in [6.45, 7) is 3.93. The largest absolute Gasteiger partial charge is 0.383 e. The molecule has 0 aliphatic carbocycles. The average Bonchev–Trinajstić information content (AvgIpc) is 2.99. The maximum absolute atomic E-state index is 12.8. The minimum absolute atomic E-state index is 0.201. The lowest BCUT2D eigenvalue weighted by molar-refractivity contribution is 0.0914. The van der Waals surface area contributed by atoms with Crippen LogP contribution in [0.4, 0.5) is 5.82 Å². The Balaban J connectivity index is 1.82. The molecule has 1 heterocycles. The van der Waals surface area contributed by atoms with E-state index in [1.165, 1.54) is 10.9 Å². The molecule has 3 rings (SSSR count). The van der Waals surface area contributed by atoms with E-state index in [4.69, 9.17) is 28.9 Å². The van der Waals surface area contributed by atoms with Crippen LogP contribution in [0.5, 0.6) is 0 Å². The van der Waals surface area contributed by atoms with Crippen LogP contribution in [-0.4, -0.2) is 21.2 Å². The van der Waals surface area contributed by atoms with Gasteiger partial charge in [-0.25, -0.2) is 4.68 Å². The number of carbonyl (C=O) groups excluding carboxylic acids is 1. The number of hydrogen-bond donors (Lipinski definition) is 2. The van der Waals surface area contributed by atoms with Crippen LogP contribution in [-0.2, 0) is 6.42 Å². The van der Waals surface area contributed by atoms with Gasteiger partial charge in [0.2, 0.25) is 0 Å². The molecule has 3 N–H and O–H groups in total. The van der Waals surface area contributed by atoms with Gasteiger partial charge in [-0.2, -0.15) is 5.10 Å². The van der Waals surface area contributed by atoms with Crippen molar-refractivity contribution in [1.29, 1.82) is 0 Å². The zero-order valence-electron chi connectivity index (χ0n) is 15.0. The number of hydrogen-bond acceptors (Lipinski definition) is 3. The number of halogens is 2. The lowest BCUT2D eigenvalue weighted by atomic mass is 9.94. The molecule has 0 saturated carbocycles. The normalized spacial score (nSPS) is 11.4. The van der Waals surface area contributed by atoms with E-state index in [9.17, 15) is 4.79 Å². The Bertz CT molecular complexity index is 967. The predicted molar refractivity (Wildman–Crippen MR) is 110 cm³/mol. The number of aromatic nitrogens is 2. The fourth-order valence-electron chi connectivity index (χ4n) is 2.91. The summed E-state index contributed by atoms with van der Waals surface area (Å²) in [4.78, 5) is 12.8. The first-order valence-electron chi connectivity index (χ1n) is 8.43. The molecule has 5 nitrogen and oxygen atoms in total. The number of amides is 1. The Hall–Kier alpha value is -2.50. The number of nitrogens with two attached hydrogens (primary N) is 1. The Morgan fingerprint density at radius 3 is 2.56 bits per heavy atom. The van der Waals surface area contributed by atoms with Gasteiger partial charge < -0.3 is 11.1 Å². The molecule has 0 fully saturated rings. The van der Waals surface area contributed by atoms with Crippen LogP contribution in [0.3, 0.4) is 0 Å². The van der Waals surface area contributed by atoms with E-state index in [-0.39, 0.29) is 17.3 Å². The first-order valence-corrected chi connectivity index (χ1v) is 9.18. The first kappa shape index (κ1) is 19.3. The number of nitrogens with one attached hydrogen (secondary N) is 1. The summed E-state index contributed by atoms with van der Waals surface area (Å²) < 4.78 is 1.41. The van der Waals surface area contributed by atoms with Gasteiger partial charge in [-0.3, -0.25) is 4.79 Å². The summed E-state index contributed by atoms with van der Waals surface area (Å²) in [7, 11) is 0. The maximum Gasteiger partial charge on any atom is 0.257 e. The molecule has 0 bridgehead atoms. The summed E-state index contributed by atoms with van der Waals surface area (Å²) in [5.74, 6) is -0.0926. The van der Waals surface area contributed by atoms with Crippen molar-refractivity contribution in [2.45, 2.75) is 25.8 Å². The highest BCUT2D eigenvalue weighted by atomic mass is 35.5. The minimum atomic E-state index is -0.458. The van der Waals surface area contributed by atoms with Crippen LogP contribution in [0.25, 0.3) is 5.69 Å². The highest BCUT2D eigenvalue weighted by molar-refractivity contribution is 6.43. The van der Waals surface area contributed by atoms with Gasteiger partial charge in [0.05, 0.1) is 21.9 Å². The molecule has 0 aliphatic heterocycles. The molecule has 0 unspecified atom stereocenters. The van der Waals surface area contributed by atoms with Gasteiger partial charge >= 0.3 is 0 Å². The molecule has 0 aliphatic rings. The van der Waals surface area contributed by atoms with Crippen molar-refractivity contribution in [2.75, 3.05) is 5.73 Å². The molecule has 0 radical (unpaired) electrons. The van der Waals surface area contributed by atoms with Crippen molar-refractivity contribution in [1.82, 2.24) is 15.1 Å². The molecule has 7 heteroatoms. The van der Waals surface area contributed by atoms with Gasteiger partial charge in [0, 0.05) is 5.54 Å². The summed E-state index contributed by atoms with van der Waals surface area (Å²) in [5.41, 5.74) is 7.65. The Morgan fingerprint density at radius 2 is 1.85 bits per heavy atom. The van der Waals surface area contributed by atoms with E-state index in [1.54, 1.807) is 18.2 Å². The SMILES string of the molecule is CC(C)(Cc1ccccc1)NC(=O)c1cnn(-c2cccc(Cl)c2Cl)c1N. The van der Waals surface area contributed by atoms with E-state index in [0.717, 1.165) is 5.56 Å². The second-order valence-electron chi connectivity index (χ2n) is 6.93. The molecule has 1 amide bonds. The van der Waals surface area contributed by atoms with Crippen LogP contribution < -0.4 is 11.1 Å². The van der Waals surface area contributed by atoms with Gasteiger partial charge in [-0.1, -0.05) is 59.6 Å². The van der Waals surface area contributed by atoms with E-state index >= 15 is 0 Å². The van der Waals surface area contributed by atoms with Crippen molar-refractivity contribution in [3.8, 4) is 5.69 Å². The monoisotopic (exact) mass is 402 g/mol. The van der Waals surface area contributed by atoms with Crippen molar-refractivity contribution < 1.29 is 4.79 Å². The second-order valence-corrected chi connectivity index (χ2v) is 7.71. The summed E-state index contributed by atoms with van der Waals surface area (Å²) in [6, 6.07) is 15.1. The van der Waals surface area contributed by atoms with Crippen LogP contribution in [0.15, 0.2) is 54.7 Å². The van der Waals surface area contributed by atoms with Crippen molar-refractivity contribution in [2.24, 2.45) is 0 Å². The predicted octanol–water partition coefficient (Wildman–Crippen LogP) is 4.51. The molecular weight excluding hydrogens is 383 g/mol. The van der Waals surface area contributed by atoms with Crippen molar-refractivity contribution in [3.63, 3.8) is 0 Å². The van der Waals surface area contributed by atoms with Crippen molar-refractivity contribution >= 4 is 34.9 Å². The fraction of sp³-hybridized carbons (Fsp3) is 0.200. The van der Waals surface area contributed by atoms with E-state index in [1.807, 2.05) is 44.2 Å². The lowest BCUT2D eigenvalue weighted by Crippen LogP contribution is -2.45. The molecule has 3 aromatic rings. The molecular formula is C20H20Cl2N4O. The Morgan fingerprint density at radius 1 is 1.15 bits per heavy atom. The maximum atomic E-state index is 12.8. The fourth-order valence-corrected chi connectivity index (χ4v) is 3.28. The number of carbonyl (C=O) groups is 1. The molecule has 0 spiro atoms. The first-order chi connectivity index (χ1) is 12.8. The third kappa shape index (κ3) is 4.26. The average molecular weight is 403 g/mol. The zero-order valence-corrected chi connectivity index (χ0v) is 16.6. The van der Waals surface area contributed by atoms with Gasteiger partial charge in [0.15, 0.2) is 0 Å². The van der Waals surface area contributed by atoms with Gasteiger partial charge in [0.1, 0.15) is 11.4 Å². The van der Waals surface area contributed by atoms with Gasteiger partial charge in [-0.15, -0.1) is 0 Å². The highest BCUT2D eigenvalue weighted by Gasteiger charge is 2.25. The number of nitrogen functional groups attached to an aromatic ring is 1. The topological polar surface area (TPSA) is 72.9 Å². The molecule has 27 heavy (non-hydrogen) atoms. The smallest absolute Gasteiger partial charge is 0.257 e. The standard InChI is InChI=1S/C20H20Cl2N4O/c1-20(2,11-13-7-4-3-5-8-13)25-19(27)14-12-24-26(18(14)23)16-10-6-9-15(21)17(16)22/h3-10,12H,11,23H2,1-2H3,(H,25,27). The number of anilines is 1. The Labute approximate surface area is 168 Å². The zero-order chi connectivity index (χ0) is 19.6. The number of nitrogens with zero attached hydrogens (tertiary/aromatic N) is 2. The second kappa shape index (κ2) is 7.62. The molecule has 140 valence electrons. The third-order valence-electron chi connectivity index (χ3n) is 4.15.